The number of fused-ring (bicyclic) bond motifs is 1. The summed E-state index contributed by atoms with van der Waals surface area (Å²) in [6.07, 6.45) is 0. The normalized spacial score (nSPS) is 16.2. The highest BCUT2D eigenvalue weighted by atomic mass is 35.5. The number of para-hydroxylation sites is 1. The van der Waals surface area contributed by atoms with Crippen LogP contribution in [-0.2, 0) is 0 Å². The topological polar surface area (TPSA) is 79.1 Å². The molecule has 4 rings (SSSR count). The van der Waals surface area contributed by atoms with Crippen LogP contribution < -0.4 is 10.6 Å². The summed E-state index contributed by atoms with van der Waals surface area (Å²) in [5.74, 6) is 0.699. The third-order valence-electron chi connectivity index (χ3n) is 4.43. The number of hydrogen-bond acceptors (Lipinski definition) is 5. The molecule has 1 aromatic heterocycles. The number of aromatic nitrogens is 1. The van der Waals surface area contributed by atoms with E-state index in [4.69, 9.17) is 33.4 Å². The first-order valence-corrected chi connectivity index (χ1v) is 8.94. The average Bonchev–Trinajstić information content (AvgIpc) is 3.02. The zero-order valence-corrected chi connectivity index (χ0v) is 15.8. The number of nitrogens with two attached hydrogens (primary N) is 1. The molecule has 0 fully saturated rings. The van der Waals surface area contributed by atoms with Crippen molar-refractivity contribution < 1.29 is 4.42 Å². The van der Waals surface area contributed by atoms with Crippen molar-refractivity contribution in [3.8, 4) is 6.07 Å². The number of nitriles is 1. The van der Waals surface area contributed by atoms with Gasteiger partial charge in [0.15, 0.2) is 5.89 Å². The lowest BCUT2D eigenvalue weighted by Gasteiger charge is -2.31. The van der Waals surface area contributed by atoms with Crippen molar-refractivity contribution in [2.24, 2.45) is 5.73 Å². The van der Waals surface area contributed by atoms with Crippen molar-refractivity contribution >= 4 is 34.8 Å². The molecule has 5 nitrogen and oxygen atoms in total. The maximum Gasteiger partial charge on any atom is 0.230 e. The molecule has 1 atom stereocenters. The molecule has 1 aliphatic rings. The van der Waals surface area contributed by atoms with Crippen LogP contribution in [0.4, 0.5) is 11.6 Å². The zero-order chi connectivity index (χ0) is 19.1. The summed E-state index contributed by atoms with van der Waals surface area (Å²) in [5, 5.41) is 10.8. The van der Waals surface area contributed by atoms with Gasteiger partial charge in [-0.25, -0.2) is 4.98 Å². The van der Waals surface area contributed by atoms with Crippen molar-refractivity contribution in [3.05, 3.63) is 87.1 Å². The van der Waals surface area contributed by atoms with E-state index in [9.17, 15) is 5.26 Å². The average molecular weight is 397 g/mol. The summed E-state index contributed by atoms with van der Waals surface area (Å²) >= 11 is 12.5. The van der Waals surface area contributed by atoms with Gasteiger partial charge in [-0.05, 0) is 29.8 Å². The molecule has 0 spiro atoms. The Balaban J connectivity index is 1.99. The van der Waals surface area contributed by atoms with Crippen molar-refractivity contribution in [1.82, 2.24) is 4.98 Å². The lowest BCUT2D eigenvalue weighted by atomic mass is 9.86. The Hall–Kier alpha value is -2.94. The summed E-state index contributed by atoms with van der Waals surface area (Å²) in [7, 11) is 0. The van der Waals surface area contributed by atoms with Gasteiger partial charge < -0.3 is 10.2 Å². The Bertz CT molecular complexity index is 1100. The second-order valence-electron chi connectivity index (χ2n) is 6.10. The van der Waals surface area contributed by atoms with Crippen LogP contribution in [0.15, 0.2) is 64.3 Å². The van der Waals surface area contributed by atoms with Gasteiger partial charge >= 0.3 is 0 Å². The minimum Gasteiger partial charge on any atom is -0.424 e. The van der Waals surface area contributed by atoms with E-state index in [1.165, 1.54) is 0 Å². The number of benzene rings is 2. The van der Waals surface area contributed by atoms with Crippen LogP contribution in [0.2, 0.25) is 10.0 Å². The molecule has 134 valence electrons. The Morgan fingerprint density at radius 2 is 1.93 bits per heavy atom. The molecule has 2 N–H and O–H groups in total. The molecule has 1 aliphatic heterocycles. The maximum atomic E-state index is 9.89. The summed E-state index contributed by atoms with van der Waals surface area (Å²) in [4.78, 5) is 6.24. The second-order valence-corrected chi connectivity index (χ2v) is 6.95. The molecule has 0 amide bonds. The van der Waals surface area contributed by atoms with E-state index in [1.54, 1.807) is 30.0 Å². The largest absolute Gasteiger partial charge is 0.424 e. The Kier molecular flexibility index (Phi) is 4.31. The summed E-state index contributed by atoms with van der Waals surface area (Å²) in [6, 6.07) is 16.8. The van der Waals surface area contributed by atoms with E-state index in [1.807, 2.05) is 30.3 Å². The fraction of sp³-hybridized carbons (Fsp3) is 0.100. The Labute approximate surface area is 166 Å². The minimum absolute atomic E-state index is 0.281. The quantitative estimate of drug-likeness (QED) is 0.638. The van der Waals surface area contributed by atoms with Gasteiger partial charge in [0.1, 0.15) is 11.5 Å². The minimum atomic E-state index is -0.535. The number of aryl methyl sites for hydroxylation is 1. The first-order valence-electron chi connectivity index (χ1n) is 8.18. The SMILES string of the molecule is Cc1nc2c(o1)N(c1ccccc1)C(N)=C(C#N)C2c1ccc(Cl)cc1Cl. The van der Waals surface area contributed by atoms with E-state index in [-0.39, 0.29) is 5.82 Å². The second kappa shape index (κ2) is 6.66. The molecular weight excluding hydrogens is 383 g/mol. The van der Waals surface area contributed by atoms with Crippen LogP contribution in [-0.4, -0.2) is 4.98 Å². The highest BCUT2D eigenvalue weighted by Gasteiger charge is 2.39. The molecule has 7 heteroatoms. The first-order chi connectivity index (χ1) is 13.0. The van der Waals surface area contributed by atoms with Crippen LogP contribution in [0.3, 0.4) is 0 Å². The van der Waals surface area contributed by atoms with Gasteiger partial charge in [-0.1, -0.05) is 47.5 Å². The van der Waals surface area contributed by atoms with Crippen LogP contribution in [0.25, 0.3) is 0 Å². The molecule has 0 radical (unpaired) electrons. The third-order valence-corrected chi connectivity index (χ3v) is 4.99. The van der Waals surface area contributed by atoms with Crippen LogP contribution in [0, 0.1) is 18.3 Å². The van der Waals surface area contributed by atoms with Crippen molar-refractivity contribution in [3.63, 3.8) is 0 Å². The lowest BCUT2D eigenvalue weighted by molar-refractivity contribution is 0.522. The number of nitrogens with zero attached hydrogens (tertiary/aromatic N) is 3. The number of hydrogen-bond donors (Lipinski definition) is 1. The zero-order valence-electron chi connectivity index (χ0n) is 14.3. The molecule has 0 aliphatic carbocycles. The van der Waals surface area contributed by atoms with Crippen LogP contribution in [0.5, 0.6) is 0 Å². The van der Waals surface area contributed by atoms with Gasteiger partial charge in [0, 0.05) is 17.0 Å². The van der Waals surface area contributed by atoms with Gasteiger partial charge in [0.2, 0.25) is 5.88 Å². The fourth-order valence-corrected chi connectivity index (χ4v) is 3.81. The van der Waals surface area contributed by atoms with Crippen molar-refractivity contribution in [1.29, 1.82) is 5.26 Å². The van der Waals surface area contributed by atoms with E-state index in [0.717, 1.165) is 5.69 Å². The monoisotopic (exact) mass is 396 g/mol. The summed E-state index contributed by atoms with van der Waals surface area (Å²) < 4.78 is 5.87. The van der Waals surface area contributed by atoms with E-state index < -0.39 is 5.92 Å². The highest BCUT2D eigenvalue weighted by molar-refractivity contribution is 6.35. The molecule has 2 aromatic carbocycles. The molecule has 1 unspecified atom stereocenters. The smallest absolute Gasteiger partial charge is 0.230 e. The van der Waals surface area contributed by atoms with Crippen LogP contribution in [0.1, 0.15) is 23.1 Å². The summed E-state index contributed by atoms with van der Waals surface area (Å²) in [5.41, 5.74) is 8.84. The van der Waals surface area contributed by atoms with Crippen molar-refractivity contribution in [2.45, 2.75) is 12.8 Å². The molecule has 27 heavy (non-hydrogen) atoms. The molecule has 2 heterocycles. The number of rotatable bonds is 2. The van der Waals surface area contributed by atoms with Crippen LogP contribution >= 0.6 is 23.2 Å². The Morgan fingerprint density at radius 1 is 1.19 bits per heavy atom. The number of anilines is 2. The Morgan fingerprint density at radius 3 is 2.59 bits per heavy atom. The van der Waals surface area contributed by atoms with Crippen molar-refractivity contribution in [2.75, 3.05) is 4.90 Å². The number of oxazole rings is 1. The predicted octanol–water partition coefficient (Wildman–Crippen LogP) is 5.27. The van der Waals surface area contributed by atoms with Gasteiger partial charge in [-0.15, -0.1) is 0 Å². The van der Waals surface area contributed by atoms with Gasteiger partial charge in [-0.2, -0.15) is 5.26 Å². The predicted molar refractivity (Wildman–Crippen MR) is 105 cm³/mol. The number of allylic oxidation sites excluding steroid dienone is 1. The van der Waals surface area contributed by atoms with Gasteiger partial charge in [-0.3, -0.25) is 4.90 Å². The van der Waals surface area contributed by atoms with Gasteiger partial charge in [0.25, 0.3) is 0 Å². The molecule has 3 aromatic rings. The lowest BCUT2D eigenvalue weighted by Crippen LogP contribution is -2.31. The maximum absolute atomic E-state index is 9.89. The first kappa shape index (κ1) is 17.5. The molecular formula is C20H14Cl2N4O. The van der Waals surface area contributed by atoms with E-state index in [0.29, 0.717) is 38.7 Å². The fourth-order valence-electron chi connectivity index (χ4n) is 3.29. The highest BCUT2D eigenvalue weighted by Crippen LogP contribution is 2.47. The summed E-state index contributed by atoms with van der Waals surface area (Å²) in [6.45, 7) is 1.75. The number of halogens is 2. The standard InChI is InChI=1S/C20H14Cl2N4O/c1-11-25-18-17(14-8-7-12(21)9-16(14)22)15(10-23)19(24)26(20(18)27-11)13-5-3-2-4-6-13/h2-9,17H,24H2,1H3. The third kappa shape index (κ3) is 2.84. The van der Waals surface area contributed by atoms with E-state index in [2.05, 4.69) is 11.1 Å². The van der Waals surface area contributed by atoms with E-state index >= 15 is 0 Å². The molecule has 0 saturated carbocycles. The molecule has 0 saturated heterocycles. The van der Waals surface area contributed by atoms with Gasteiger partial charge in [0.05, 0.1) is 23.2 Å². The molecule has 0 bridgehead atoms.